The lowest BCUT2D eigenvalue weighted by Gasteiger charge is -2.14. The Bertz CT molecular complexity index is 1100. The number of hydrogen-bond acceptors (Lipinski definition) is 8. The van der Waals surface area contributed by atoms with Gasteiger partial charge in [0.25, 0.3) is 0 Å². The predicted octanol–water partition coefficient (Wildman–Crippen LogP) is 3.50. The van der Waals surface area contributed by atoms with E-state index in [1.165, 1.54) is 0 Å². The lowest BCUT2D eigenvalue weighted by Crippen LogP contribution is -2.21. The second-order valence-corrected chi connectivity index (χ2v) is 7.23. The number of nitrogens with zero attached hydrogens (tertiary/aromatic N) is 2. The first-order valence-corrected chi connectivity index (χ1v) is 10.0. The van der Waals surface area contributed by atoms with Crippen LogP contribution in [0.15, 0.2) is 65.7 Å². The Balaban J connectivity index is 1.87. The third-order valence-corrected chi connectivity index (χ3v) is 4.59. The molecule has 0 radical (unpaired) electrons. The molecule has 29 heavy (non-hydrogen) atoms. The summed E-state index contributed by atoms with van der Waals surface area (Å²) in [5, 5.41) is 15.6. The normalized spacial score (nSPS) is 11.4. The maximum Gasteiger partial charge on any atom is 0.229 e. The Morgan fingerprint density at radius 3 is 2.52 bits per heavy atom. The molecule has 0 unspecified atom stereocenters. The Labute approximate surface area is 171 Å². The summed E-state index contributed by atoms with van der Waals surface area (Å²) in [6, 6.07) is 16.0. The van der Waals surface area contributed by atoms with Crippen molar-refractivity contribution < 1.29 is 9.32 Å². The molecular formula is C21H20N5O2S-. The SMILES string of the molecule is C[C@H](CO)Nc1nc(Nc2ccc([S-](=N)=O)cc2)ncc1C#Cc1ccccc1. The van der Waals surface area contributed by atoms with Crippen LogP contribution in [0.1, 0.15) is 18.1 Å². The maximum absolute atomic E-state index is 11.2. The van der Waals surface area contributed by atoms with Crippen molar-refractivity contribution in [2.24, 2.45) is 0 Å². The van der Waals surface area contributed by atoms with Gasteiger partial charge in [0.1, 0.15) is 5.82 Å². The van der Waals surface area contributed by atoms with Crippen molar-refractivity contribution in [2.45, 2.75) is 17.9 Å². The molecule has 148 valence electrons. The number of benzene rings is 2. The number of nitrogens with one attached hydrogen (secondary N) is 3. The summed E-state index contributed by atoms with van der Waals surface area (Å²) < 4.78 is 18.4. The maximum atomic E-state index is 11.2. The molecule has 1 heterocycles. The molecule has 0 amide bonds. The van der Waals surface area contributed by atoms with Crippen LogP contribution >= 0.6 is 0 Å². The van der Waals surface area contributed by atoms with Gasteiger partial charge >= 0.3 is 0 Å². The van der Waals surface area contributed by atoms with E-state index in [9.17, 15) is 9.32 Å². The molecule has 2 aromatic carbocycles. The second-order valence-electron chi connectivity index (χ2n) is 6.22. The molecule has 0 aliphatic heterocycles. The van der Waals surface area contributed by atoms with Gasteiger partial charge in [0.2, 0.25) is 5.95 Å². The summed E-state index contributed by atoms with van der Waals surface area (Å²) in [4.78, 5) is 9.21. The lowest BCUT2D eigenvalue weighted by atomic mass is 10.2. The van der Waals surface area contributed by atoms with E-state index in [2.05, 4.69) is 32.4 Å². The van der Waals surface area contributed by atoms with Gasteiger partial charge in [-0.1, -0.05) is 47.1 Å². The van der Waals surface area contributed by atoms with Crippen LogP contribution in [0.3, 0.4) is 0 Å². The Hall–Kier alpha value is -3.41. The quantitative estimate of drug-likeness (QED) is 0.368. The zero-order chi connectivity index (χ0) is 20.6. The minimum atomic E-state index is -1.77. The van der Waals surface area contributed by atoms with Crippen molar-refractivity contribution in [1.82, 2.24) is 9.97 Å². The topological polar surface area (TPSA) is 111 Å². The Kier molecular flexibility index (Phi) is 6.79. The molecule has 4 N–H and O–H groups in total. The highest BCUT2D eigenvalue weighted by Crippen LogP contribution is 2.19. The third-order valence-electron chi connectivity index (χ3n) is 3.89. The van der Waals surface area contributed by atoms with E-state index in [1.807, 2.05) is 37.3 Å². The molecule has 0 aliphatic rings. The molecule has 0 saturated heterocycles. The van der Waals surface area contributed by atoms with Crippen molar-refractivity contribution >= 4 is 28.0 Å². The molecule has 3 rings (SSSR count). The highest BCUT2D eigenvalue weighted by molar-refractivity contribution is 7.73. The van der Waals surface area contributed by atoms with Crippen LogP contribution in [0, 0.1) is 16.6 Å². The number of anilines is 3. The first kappa shape index (κ1) is 20.3. The van der Waals surface area contributed by atoms with Crippen LogP contribution in [-0.4, -0.2) is 27.7 Å². The van der Waals surface area contributed by atoms with E-state index in [0.717, 1.165) is 5.56 Å². The van der Waals surface area contributed by atoms with Gasteiger partial charge in [-0.15, -0.1) is 0 Å². The molecular weight excluding hydrogens is 386 g/mol. The lowest BCUT2D eigenvalue weighted by molar-refractivity contribution is 0.281. The molecule has 1 atom stereocenters. The third kappa shape index (κ3) is 5.78. The number of aliphatic hydroxyl groups excluding tert-OH is 1. The summed E-state index contributed by atoms with van der Waals surface area (Å²) in [6.07, 6.45) is 1.62. The molecule has 1 aromatic heterocycles. The summed E-state index contributed by atoms with van der Waals surface area (Å²) in [5.74, 6) is 7.01. The zero-order valence-corrected chi connectivity index (χ0v) is 16.5. The summed E-state index contributed by atoms with van der Waals surface area (Å²) in [5.41, 5.74) is 2.19. The molecule has 0 saturated carbocycles. The molecule has 0 fully saturated rings. The van der Waals surface area contributed by atoms with Crippen LogP contribution in [-0.2, 0) is 14.8 Å². The Morgan fingerprint density at radius 2 is 1.86 bits per heavy atom. The average Bonchev–Trinajstić information content (AvgIpc) is 2.74. The summed E-state index contributed by atoms with van der Waals surface area (Å²) in [6.45, 7) is 1.79. The fourth-order valence-corrected chi connectivity index (χ4v) is 2.76. The summed E-state index contributed by atoms with van der Waals surface area (Å²) >= 11 is 0. The van der Waals surface area contributed by atoms with Crippen LogP contribution < -0.4 is 10.6 Å². The largest absolute Gasteiger partial charge is 0.440 e. The zero-order valence-electron chi connectivity index (χ0n) is 15.7. The van der Waals surface area contributed by atoms with Crippen molar-refractivity contribution in [2.75, 3.05) is 17.2 Å². The smallest absolute Gasteiger partial charge is 0.229 e. The van der Waals surface area contributed by atoms with Gasteiger partial charge in [-0.3, -0.25) is 0 Å². The van der Waals surface area contributed by atoms with Crippen molar-refractivity contribution in [3.05, 3.63) is 71.9 Å². The predicted molar refractivity (Wildman–Crippen MR) is 113 cm³/mol. The summed E-state index contributed by atoms with van der Waals surface area (Å²) in [7, 11) is -1.77. The van der Waals surface area contributed by atoms with E-state index in [-0.39, 0.29) is 12.6 Å². The Morgan fingerprint density at radius 1 is 1.14 bits per heavy atom. The van der Waals surface area contributed by atoms with E-state index in [0.29, 0.717) is 27.9 Å². The van der Waals surface area contributed by atoms with Gasteiger partial charge in [0, 0.05) is 17.3 Å². The van der Waals surface area contributed by atoms with Crippen molar-refractivity contribution in [3.8, 4) is 11.8 Å². The van der Waals surface area contributed by atoms with Crippen LogP contribution in [0.25, 0.3) is 0 Å². The van der Waals surface area contributed by atoms with Gasteiger partial charge in [-0.05, 0) is 31.2 Å². The van der Waals surface area contributed by atoms with Crippen molar-refractivity contribution in [3.63, 3.8) is 0 Å². The van der Waals surface area contributed by atoms with E-state index in [1.54, 1.807) is 30.5 Å². The first-order chi connectivity index (χ1) is 14.0. The fraction of sp³-hybridized carbons (Fsp3) is 0.143. The van der Waals surface area contributed by atoms with Gasteiger partial charge in [0.15, 0.2) is 0 Å². The number of hydrogen-bond donors (Lipinski definition) is 4. The first-order valence-electron chi connectivity index (χ1n) is 8.87. The van der Waals surface area contributed by atoms with Gasteiger partial charge in [0.05, 0.1) is 18.4 Å². The number of aromatic nitrogens is 2. The van der Waals surface area contributed by atoms with E-state index >= 15 is 0 Å². The second kappa shape index (κ2) is 9.68. The number of rotatable bonds is 6. The van der Waals surface area contributed by atoms with E-state index < -0.39 is 10.6 Å². The molecule has 0 aliphatic carbocycles. The van der Waals surface area contributed by atoms with Crippen LogP contribution in [0.5, 0.6) is 0 Å². The van der Waals surface area contributed by atoms with Crippen LogP contribution in [0.2, 0.25) is 0 Å². The average molecular weight is 406 g/mol. The molecule has 0 bridgehead atoms. The molecule has 8 heteroatoms. The minimum absolute atomic E-state index is 0.0515. The monoisotopic (exact) mass is 406 g/mol. The van der Waals surface area contributed by atoms with E-state index in [4.69, 9.17) is 4.78 Å². The standard InChI is InChI=1S/C21H20N5O2S/c1-15(14-27)24-20-17(8-7-16-5-3-2-4-6-16)13-23-21(26-20)25-18-9-11-19(12-10-18)29(22)28/h2-6,9-13,15,22,27H,14H2,1H3,(H2,23,24,25,26)/q-1/t15-/m1/s1. The molecule has 7 nitrogen and oxygen atoms in total. The van der Waals surface area contributed by atoms with Crippen LogP contribution in [0.4, 0.5) is 17.5 Å². The highest BCUT2D eigenvalue weighted by Gasteiger charge is 2.09. The van der Waals surface area contributed by atoms with Gasteiger partial charge in [-0.25, -0.2) is 4.98 Å². The minimum Gasteiger partial charge on any atom is -0.440 e. The van der Waals surface area contributed by atoms with Gasteiger partial charge < -0.3 is 24.7 Å². The highest BCUT2D eigenvalue weighted by atomic mass is 32.2. The fourth-order valence-electron chi connectivity index (χ4n) is 2.37. The molecule has 0 spiro atoms. The number of aliphatic hydroxyl groups is 1. The van der Waals surface area contributed by atoms with Crippen molar-refractivity contribution in [1.29, 1.82) is 4.78 Å². The molecule has 3 aromatic rings. The van der Waals surface area contributed by atoms with Gasteiger partial charge in [-0.2, -0.15) is 15.6 Å².